The molecule has 0 aliphatic heterocycles. The second-order valence-corrected chi connectivity index (χ2v) is 4.74. The van der Waals surface area contributed by atoms with Crippen molar-refractivity contribution in [1.82, 2.24) is 0 Å². The van der Waals surface area contributed by atoms with Crippen LogP contribution in [-0.4, -0.2) is 17.0 Å². The van der Waals surface area contributed by atoms with Crippen LogP contribution in [0.4, 0.5) is 0 Å². The van der Waals surface area contributed by atoms with Gasteiger partial charge in [-0.1, -0.05) is 24.9 Å². The minimum Gasteiger partial charge on any atom is -0.392 e. The van der Waals surface area contributed by atoms with E-state index in [0.29, 0.717) is 0 Å². The van der Waals surface area contributed by atoms with Gasteiger partial charge in [-0.05, 0) is 30.7 Å². The van der Waals surface area contributed by atoms with Gasteiger partial charge in [0.15, 0.2) is 0 Å². The topological polar surface area (TPSA) is 20.2 Å². The predicted octanol–water partition coefficient (Wildman–Crippen LogP) is 3.59. The van der Waals surface area contributed by atoms with Crippen molar-refractivity contribution in [3.8, 4) is 0 Å². The van der Waals surface area contributed by atoms with E-state index in [2.05, 4.69) is 6.92 Å². The van der Waals surface area contributed by atoms with E-state index in [1.165, 1.54) is 0 Å². The summed E-state index contributed by atoms with van der Waals surface area (Å²) in [4.78, 5) is 1.16. The Hall–Kier alpha value is -0.180. The zero-order valence-corrected chi connectivity index (χ0v) is 9.81. The molecule has 1 aromatic rings. The van der Waals surface area contributed by atoms with E-state index < -0.39 is 0 Å². The fourth-order valence-electron chi connectivity index (χ4n) is 1.14. The molecule has 0 spiro atoms. The van der Waals surface area contributed by atoms with Crippen molar-refractivity contribution in [3.63, 3.8) is 0 Å². The lowest BCUT2D eigenvalue weighted by molar-refractivity contribution is 0.188. The van der Waals surface area contributed by atoms with Crippen LogP contribution >= 0.6 is 23.4 Å². The van der Waals surface area contributed by atoms with Crippen molar-refractivity contribution in [2.45, 2.75) is 30.8 Å². The van der Waals surface area contributed by atoms with Crippen LogP contribution in [0.2, 0.25) is 5.02 Å². The molecule has 1 unspecified atom stereocenters. The van der Waals surface area contributed by atoms with Crippen LogP contribution in [0.3, 0.4) is 0 Å². The molecule has 0 aromatic heterocycles. The van der Waals surface area contributed by atoms with Crippen molar-refractivity contribution < 1.29 is 5.11 Å². The van der Waals surface area contributed by atoms with E-state index in [1.54, 1.807) is 11.8 Å². The van der Waals surface area contributed by atoms with E-state index in [0.717, 1.165) is 28.5 Å². The SMILES string of the molecule is CCCC(O)CSc1ccc(Cl)cc1. The summed E-state index contributed by atoms with van der Waals surface area (Å²) in [6.45, 7) is 2.08. The van der Waals surface area contributed by atoms with Gasteiger partial charge in [-0.15, -0.1) is 11.8 Å². The molecular weight excluding hydrogens is 216 g/mol. The third-order valence-electron chi connectivity index (χ3n) is 1.88. The Morgan fingerprint density at radius 3 is 2.57 bits per heavy atom. The van der Waals surface area contributed by atoms with Crippen LogP contribution in [0.1, 0.15) is 19.8 Å². The van der Waals surface area contributed by atoms with Crippen LogP contribution in [0.15, 0.2) is 29.2 Å². The van der Waals surface area contributed by atoms with Crippen molar-refractivity contribution in [1.29, 1.82) is 0 Å². The number of aliphatic hydroxyl groups is 1. The Balaban J connectivity index is 2.34. The Kier molecular flexibility index (Phi) is 5.38. The van der Waals surface area contributed by atoms with Gasteiger partial charge in [0, 0.05) is 15.7 Å². The number of rotatable bonds is 5. The zero-order chi connectivity index (χ0) is 10.4. The molecule has 0 saturated carbocycles. The summed E-state index contributed by atoms with van der Waals surface area (Å²) in [6, 6.07) is 7.70. The average Bonchev–Trinajstić information content (AvgIpc) is 2.17. The monoisotopic (exact) mass is 230 g/mol. The van der Waals surface area contributed by atoms with Crippen molar-refractivity contribution in [2.75, 3.05) is 5.75 Å². The summed E-state index contributed by atoms with van der Waals surface area (Å²) >= 11 is 7.43. The summed E-state index contributed by atoms with van der Waals surface area (Å²) in [5.74, 6) is 0.759. The maximum Gasteiger partial charge on any atom is 0.0634 e. The van der Waals surface area contributed by atoms with Crippen LogP contribution < -0.4 is 0 Å². The molecule has 0 aliphatic carbocycles. The molecule has 0 bridgehead atoms. The normalized spacial score (nSPS) is 12.8. The van der Waals surface area contributed by atoms with Crippen LogP contribution in [0.5, 0.6) is 0 Å². The highest BCUT2D eigenvalue weighted by Gasteiger charge is 2.03. The number of hydrogen-bond donors (Lipinski definition) is 1. The van der Waals surface area contributed by atoms with Gasteiger partial charge >= 0.3 is 0 Å². The highest BCUT2D eigenvalue weighted by Crippen LogP contribution is 2.21. The predicted molar refractivity (Wildman–Crippen MR) is 63.1 cm³/mol. The first-order valence-electron chi connectivity index (χ1n) is 4.78. The van der Waals surface area contributed by atoms with Gasteiger partial charge in [0.25, 0.3) is 0 Å². The second-order valence-electron chi connectivity index (χ2n) is 3.21. The molecule has 0 heterocycles. The van der Waals surface area contributed by atoms with Crippen molar-refractivity contribution >= 4 is 23.4 Å². The Morgan fingerprint density at radius 1 is 1.36 bits per heavy atom. The van der Waals surface area contributed by atoms with Gasteiger partial charge in [0.1, 0.15) is 0 Å². The summed E-state index contributed by atoms with van der Waals surface area (Å²) in [5.41, 5.74) is 0. The number of thioether (sulfide) groups is 1. The first kappa shape index (κ1) is 11.9. The van der Waals surface area contributed by atoms with Crippen LogP contribution in [0, 0.1) is 0 Å². The largest absolute Gasteiger partial charge is 0.392 e. The highest BCUT2D eigenvalue weighted by molar-refractivity contribution is 7.99. The quantitative estimate of drug-likeness (QED) is 0.781. The van der Waals surface area contributed by atoms with Gasteiger partial charge in [-0.3, -0.25) is 0 Å². The zero-order valence-electron chi connectivity index (χ0n) is 8.24. The second kappa shape index (κ2) is 6.33. The lowest BCUT2D eigenvalue weighted by Crippen LogP contribution is -2.08. The van der Waals surface area contributed by atoms with E-state index in [9.17, 15) is 5.11 Å². The molecule has 78 valence electrons. The molecule has 0 fully saturated rings. The highest BCUT2D eigenvalue weighted by atomic mass is 35.5. The molecule has 14 heavy (non-hydrogen) atoms. The molecule has 1 rings (SSSR count). The summed E-state index contributed by atoms with van der Waals surface area (Å²) in [7, 11) is 0. The molecule has 3 heteroatoms. The smallest absolute Gasteiger partial charge is 0.0634 e. The third-order valence-corrected chi connectivity index (χ3v) is 3.29. The van der Waals surface area contributed by atoms with E-state index in [4.69, 9.17) is 11.6 Å². The molecule has 0 amide bonds. The minimum absolute atomic E-state index is 0.194. The van der Waals surface area contributed by atoms with Gasteiger partial charge < -0.3 is 5.11 Å². The lowest BCUT2D eigenvalue weighted by Gasteiger charge is -2.08. The number of aliphatic hydroxyl groups excluding tert-OH is 1. The molecule has 1 aromatic carbocycles. The van der Waals surface area contributed by atoms with Gasteiger partial charge in [0.2, 0.25) is 0 Å². The Bertz CT molecular complexity index is 260. The van der Waals surface area contributed by atoms with Crippen molar-refractivity contribution in [2.24, 2.45) is 0 Å². The average molecular weight is 231 g/mol. The number of halogens is 1. The summed E-state index contributed by atoms with van der Waals surface area (Å²) < 4.78 is 0. The first-order chi connectivity index (χ1) is 6.72. The van der Waals surface area contributed by atoms with Crippen LogP contribution in [0.25, 0.3) is 0 Å². The minimum atomic E-state index is -0.194. The van der Waals surface area contributed by atoms with E-state index >= 15 is 0 Å². The lowest BCUT2D eigenvalue weighted by atomic mass is 10.2. The van der Waals surface area contributed by atoms with Crippen LogP contribution in [-0.2, 0) is 0 Å². The number of benzene rings is 1. The van der Waals surface area contributed by atoms with Gasteiger partial charge in [-0.25, -0.2) is 0 Å². The van der Waals surface area contributed by atoms with E-state index in [1.807, 2.05) is 24.3 Å². The molecule has 1 nitrogen and oxygen atoms in total. The summed E-state index contributed by atoms with van der Waals surface area (Å²) in [5, 5.41) is 10.3. The number of hydrogen-bond acceptors (Lipinski definition) is 2. The maximum atomic E-state index is 9.52. The molecule has 0 radical (unpaired) electrons. The maximum absolute atomic E-state index is 9.52. The first-order valence-corrected chi connectivity index (χ1v) is 6.15. The van der Waals surface area contributed by atoms with Gasteiger partial charge in [-0.2, -0.15) is 0 Å². The van der Waals surface area contributed by atoms with E-state index in [-0.39, 0.29) is 6.10 Å². The molecule has 0 saturated heterocycles. The Morgan fingerprint density at radius 2 is 2.00 bits per heavy atom. The summed E-state index contributed by atoms with van der Waals surface area (Å²) in [6.07, 6.45) is 1.71. The van der Waals surface area contributed by atoms with Gasteiger partial charge in [0.05, 0.1) is 6.10 Å². The molecular formula is C11H15ClOS. The third kappa shape index (κ3) is 4.36. The van der Waals surface area contributed by atoms with Crippen molar-refractivity contribution in [3.05, 3.63) is 29.3 Å². The fourth-order valence-corrected chi connectivity index (χ4v) is 2.15. The molecule has 0 aliphatic rings. The fraction of sp³-hybridized carbons (Fsp3) is 0.455. The molecule has 1 atom stereocenters. The standard InChI is InChI=1S/C11H15ClOS/c1-2-3-10(13)8-14-11-6-4-9(12)5-7-11/h4-7,10,13H,2-3,8H2,1H3. The molecule has 1 N–H and O–H groups in total. The Labute approximate surface area is 94.5 Å².